The van der Waals surface area contributed by atoms with Gasteiger partial charge in [-0.2, -0.15) is 0 Å². The summed E-state index contributed by atoms with van der Waals surface area (Å²) < 4.78 is 6.57. The Hall–Kier alpha value is -0.120. The van der Waals surface area contributed by atoms with Gasteiger partial charge >= 0.3 is 0 Å². The van der Waals surface area contributed by atoms with Gasteiger partial charge in [0.05, 0.1) is 20.1 Å². The molecule has 0 aliphatic carbocycles. The predicted molar refractivity (Wildman–Crippen MR) is 63.9 cm³/mol. The molecule has 0 aliphatic rings. The van der Waals surface area contributed by atoms with E-state index in [1.807, 2.05) is 0 Å². The molecule has 0 aliphatic heterocycles. The van der Waals surface area contributed by atoms with Crippen LogP contribution in [0.5, 0.6) is 0 Å². The Labute approximate surface area is 94.6 Å². The molecule has 0 heterocycles. The Bertz CT molecular complexity index is 147. The standard InChI is InChI=1S/C12H28NO2/c1-5-13(3,6-2)11-12(15-4)9-7-8-10-14/h12,14H,5-11H2,1-4H3/q+1. The first-order valence-electron chi connectivity index (χ1n) is 6.09. The molecular formula is C12H28NO2+. The maximum atomic E-state index is 8.73. The Morgan fingerprint density at radius 1 is 1.20 bits per heavy atom. The summed E-state index contributed by atoms with van der Waals surface area (Å²) >= 11 is 0. The molecular weight excluding hydrogens is 190 g/mol. The number of hydrogen-bond acceptors (Lipinski definition) is 2. The maximum absolute atomic E-state index is 8.73. The van der Waals surface area contributed by atoms with Gasteiger partial charge in [-0.3, -0.25) is 0 Å². The van der Waals surface area contributed by atoms with E-state index in [0.717, 1.165) is 43.4 Å². The van der Waals surface area contributed by atoms with Crippen molar-refractivity contribution in [2.24, 2.45) is 0 Å². The number of hydrogen-bond donors (Lipinski definition) is 1. The van der Waals surface area contributed by atoms with E-state index in [0.29, 0.717) is 12.7 Å². The van der Waals surface area contributed by atoms with Crippen LogP contribution in [0.25, 0.3) is 0 Å². The van der Waals surface area contributed by atoms with Crippen LogP contribution in [0.2, 0.25) is 0 Å². The summed E-state index contributed by atoms with van der Waals surface area (Å²) in [4.78, 5) is 0. The summed E-state index contributed by atoms with van der Waals surface area (Å²) in [6.45, 7) is 8.12. The second kappa shape index (κ2) is 8.08. The fraction of sp³-hybridized carbons (Fsp3) is 1.00. The minimum Gasteiger partial charge on any atom is -0.396 e. The average molecular weight is 218 g/mol. The lowest BCUT2D eigenvalue weighted by molar-refractivity contribution is -0.909. The van der Waals surface area contributed by atoms with Gasteiger partial charge in [0.25, 0.3) is 0 Å². The van der Waals surface area contributed by atoms with Crippen molar-refractivity contribution in [1.29, 1.82) is 0 Å². The highest BCUT2D eigenvalue weighted by Gasteiger charge is 2.22. The number of unbranched alkanes of at least 4 members (excludes halogenated alkanes) is 1. The third-order valence-corrected chi connectivity index (χ3v) is 3.44. The molecule has 0 saturated carbocycles. The van der Waals surface area contributed by atoms with Crippen molar-refractivity contribution >= 4 is 0 Å². The van der Waals surface area contributed by atoms with E-state index >= 15 is 0 Å². The molecule has 0 rings (SSSR count). The summed E-state index contributed by atoms with van der Waals surface area (Å²) in [5.74, 6) is 0. The van der Waals surface area contributed by atoms with E-state index in [2.05, 4.69) is 20.9 Å². The molecule has 1 atom stereocenters. The van der Waals surface area contributed by atoms with E-state index in [9.17, 15) is 0 Å². The first-order chi connectivity index (χ1) is 7.11. The van der Waals surface area contributed by atoms with Gasteiger partial charge in [0, 0.05) is 13.7 Å². The summed E-state index contributed by atoms with van der Waals surface area (Å²) in [5.41, 5.74) is 0. The zero-order chi connectivity index (χ0) is 11.7. The third kappa shape index (κ3) is 6.13. The van der Waals surface area contributed by atoms with Gasteiger partial charge in [0.1, 0.15) is 12.6 Å². The van der Waals surface area contributed by atoms with Crippen LogP contribution < -0.4 is 0 Å². The smallest absolute Gasteiger partial charge is 0.106 e. The monoisotopic (exact) mass is 218 g/mol. The maximum Gasteiger partial charge on any atom is 0.106 e. The largest absolute Gasteiger partial charge is 0.396 e. The minimum absolute atomic E-state index is 0.296. The number of aliphatic hydroxyl groups excluding tert-OH is 1. The average Bonchev–Trinajstić information content (AvgIpc) is 2.27. The summed E-state index contributed by atoms with van der Waals surface area (Å²) in [5, 5.41) is 8.73. The van der Waals surface area contributed by atoms with Crippen LogP contribution in [-0.4, -0.2) is 56.1 Å². The Morgan fingerprint density at radius 3 is 2.20 bits per heavy atom. The molecule has 0 aromatic carbocycles. The molecule has 0 fully saturated rings. The predicted octanol–water partition coefficient (Wildman–Crippen LogP) is 1.65. The molecule has 92 valence electrons. The van der Waals surface area contributed by atoms with Crippen molar-refractivity contribution in [3.05, 3.63) is 0 Å². The number of likely N-dealkylation sites (N-methyl/N-ethyl adjacent to an activating group) is 1. The first-order valence-corrected chi connectivity index (χ1v) is 6.09. The van der Waals surface area contributed by atoms with Crippen molar-refractivity contribution < 1.29 is 14.3 Å². The normalized spacial score (nSPS) is 14.2. The van der Waals surface area contributed by atoms with Crippen LogP contribution in [0.4, 0.5) is 0 Å². The van der Waals surface area contributed by atoms with E-state index < -0.39 is 0 Å². The Morgan fingerprint density at radius 2 is 1.80 bits per heavy atom. The molecule has 1 N–H and O–H groups in total. The van der Waals surface area contributed by atoms with Gasteiger partial charge in [-0.1, -0.05) is 0 Å². The topological polar surface area (TPSA) is 29.5 Å². The SMILES string of the molecule is CC[N+](C)(CC)CC(CCCCO)OC. The lowest BCUT2D eigenvalue weighted by Crippen LogP contribution is -2.48. The highest BCUT2D eigenvalue weighted by molar-refractivity contribution is 4.57. The van der Waals surface area contributed by atoms with Gasteiger partial charge in [-0.15, -0.1) is 0 Å². The van der Waals surface area contributed by atoms with Crippen LogP contribution >= 0.6 is 0 Å². The Kier molecular flexibility index (Phi) is 8.02. The van der Waals surface area contributed by atoms with Gasteiger partial charge in [-0.25, -0.2) is 0 Å². The van der Waals surface area contributed by atoms with Gasteiger partial charge in [0.15, 0.2) is 0 Å². The van der Waals surface area contributed by atoms with E-state index in [1.54, 1.807) is 7.11 Å². The van der Waals surface area contributed by atoms with Crippen molar-refractivity contribution in [2.75, 3.05) is 40.4 Å². The number of rotatable bonds is 9. The highest BCUT2D eigenvalue weighted by Crippen LogP contribution is 2.11. The lowest BCUT2D eigenvalue weighted by Gasteiger charge is -2.35. The highest BCUT2D eigenvalue weighted by atomic mass is 16.5. The first kappa shape index (κ1) is 14.9. The number of ether oxygens (including phenoxy) is 1. The molecule has 0 saturated heterocycles. The number of aliphatic hydroxyl groups is 1. The number of quaternary nitrogens is 1. The lowest BCUT2D eigenvalue weighted by atomic mass is 10.1. The molecule has 0 aromatic rings. The number of methoxy groups -OCH3 is 1. The molecule has 0 bridgehead atoms. The summed E-state index contributed by atoms with van der Waals surface area (Å²) in [6.07, 6.45) is 3.34. The van der Waals surface area contributed by atoms with Gasteiger partial charge in [-0.05, 0) is 33.1 Å². The molecule has 1 unspecified atom stereocenters. The van der Waals surface area contributed by atoms with Crippen LogP contribution in [-0.2, 0) is 4.74 Å². The second-order valence-corrected chi connectivity index (χ2v) is 4.51. The van der Waals surface area contributed by atoms with E-state index in [-0.39, 0.29) is 0 Å². The molecule has 3 nitrogen and oxygen atoms in total. The summed E-state index contributed by atoms with van der Waals surface area (Å²) in [6, 6.07) is 0. The summed E-state index contributed by atoms with van der Waals surface area (Å²) in [7, 11) is 4.07. The molecule has 15 heavy (non-hydrogen) atoms. The van der Waals surface area contributed by atoms with Crippen LogP contribution in [0.1, 0.15) is 33.1 Å². The van der Waals surface area contributed by atoms with E-state index in [1.165, 1.54) is 0 Å². The molecule has 0 amide bonds. The minimum atomic E-state index is 0.296. The van der Waals surface area contributed by atoms with Crippen molar-refractivity contribution in [1.82, 2.24) is 0 Å². The van der Waals surface area contributed by atoms with Crippen LogP contribution in [0.3, 0.4) is 0 Å². The zero-order valence-corrected chi connectivity index (χ0v) is 10.8. The zero-order valence-electron chi connectivity index (χ0n) is 10.8. The van der Waals surface area contributed by atoms with E-state index in [4.69, 9.17) is 9.84 Å². The quantitative estimate of drug-likeness (QED) is 0.471. The van der Waals surface area contributed by atoms with Crippen molar-refractivity contribution in [3.63, 3.8) is 0 Å². The third-order valence-electron chi connectivity index (χ3n) is 3.44. The second-order valence-electron chi connectivity index (χ2n) is 4.51. The Balaban J connectivity index is 3.95. The van der Waals surface area contributed by atoms with Gasteiger partial charge in [0.2, 0.25) is 0 Å². The van der Waals surface area contributed by atoms with Crippen LogP contribution in [0.15, 0.2) is 0 Å². The van der Waals surface area contributed by atoms with Crippen molar-refractivity contribution in [3.8, 4) is 0 Å². The fourth-order valence-corrected chi connectivity index (χ4v) is 1.74. The molecule has 0 spiro atoms. The van der Waals surface area contributed by atoms with Gasteiger partial charge < -0.3 is 14.3 Å². The molecule has 0 radical (unpaired) electrons. The van der Waals surface area contributed by atoms with Crippen molar-refractivity contribution in [2.45, 2.75) is 39.2 Å². The molecule has 0 aromatic heterocycles. The molecule has 3 heteroatoms. The number of nitrogens with zero attached hydrogens (tertiary/aromatic N) is 1. The van der Waals surface area contributed by atoms with Crippen LogP contribution in [0, 0.1) is 0 Å². The fourth-order valence-electron chi connectivity index (χ4n) is 1.74.